The summed E-state index contributed by atoms with van der Waals surface area (Å²) in [6, 6.07) is 0. The highest BCUT2D eigenvalue weighted by atomic mass is 16.5. The van der Waals surface area contributed by atoms with Gasteiger partial charge in [-0.1, -0.05) is 12.2 Å². The number of ketones is 1. The van der Waals surface area contributed by atoms with E-state index in [9.17, 15) is 4.79 Å². The number of carbonyl (C=O) groups excluding carboxylic acids is 1. The molecule has 3 aliphatic rings. The maximum absolute atomic E-state index is 11.5. The summed E-state index contributed by atoms with van der Waals surface area (Å²) in [4.78, 5) is 11.5. The number of fused-ring (bicyclic) bond motifs is 3. The van der Waals surface area contributed by atoms with Crippen molar-refractivity contribution in [1.82, 2.24) is 0 Å². The maximum atomic E-state index is 11.5. The van der Waals surface area contributed by atoms with Gasteiger partial charge < -0.3 is 4.74 Å². The minimum absolute atomic E-state index is 0.309. The van der Waals surface area contributed by atoms with Crippen LogP contribution in [0.5, 0.6) is 0 Å². The molecule has 0 bridgehead atoms. The molecule has 2 heteroatoms. The van der Waals surface area contributed by atoms with Crippen LogP contribution in [0.2, 0.25) is 0 Å². The number of hydrogen-bond donors (Lipinski definition) is 0. The Hall–Kier alpha value is -0.890. The standard InChI is InChI=1S/C12H14O2/c13-11-5-3-8-9(11)4-6-12-10(8)2-1-7-14-12/h3-4,10,12H,1-2,5-7H2. The monoisotopic (exact) mass is 190 g/mol. The van der Waals surface area contributed by atoms with Crippen LogP contribution < -0.4 is 0 Å². The molecule has 1 heterocycles. The van der Waals surface area contributed by atoms with Crippen LogP contribution in [-0.4, -0.2) is 18.5 Å². The fourth-order valence-electron chi connectivity index (χ4n) is 2.83. The van der Waals surface area contributed by atoms with Crippen LogP contribution in [0.15, 0.2) is 23.3 Å². The van der Waals surface area contributed by atoms with Crippen LogP contribution in [0.4, 0.5) is 0 Å². The van der Waals surface area contributed by atoms with Crippen LogP contribution >= 0.6 is 0 Å². The lowest BCUT2D eigenvalue weighted by Gasteiger charge is -2.35. The molecule has 0 aromatic heterocycles. The van der Waals surface area contributed by atoms with Gasteiger partial charge in [0.15, 0.2) is 5.78 Å². The summed E-state index contributed by atoms with van der Waals surface area (Å²) in [5.41, 5.74) is 2.28. The molecule has 0 aromatic carbocycles. The lowest BCUT2D eigenvalue weighted by atomic mass is 9.79. The summed E-state index contributed by atoms with van der Waals surface area (Å²) in [5, 5.41) is 0. The molecule has 2 atom stereocenters. The van der Waals surface area contributed by atoms with Crippen molar-refractivity contribution in [2.24, 2.45) is 5.92 Å². The smallest absolute Gasteiger partial charge is 0.166 e. The average molecular weight is 190 g/mol. The molecule has 3 rings (SSSR count). The zero-order valence-corrected chi connectivity index (χ0v) is 8.16. The Morgan fingerprint density at radius 2 is 2.29 bits per heavy atom. The van der Waals surface area contributed by atoms with E-state index in [4.69, 9.17) is 4.74 Å². The van der Waals surface area contributed by atoms with Gasteiger partial charge in [0, 0.05) is 24.5 Å². The molecule has 0 amide bonds. The van der Waals surface area contributed by atoms with E-state index in [1.54, 1.807) is 0 Å². The summed E-state index contributed by atoms with van der Waals surface area (Å²) < 4.78 is 5.73. The second-order valence-electron chi connectivity index (χ2n) is 4.30. The first-order valence-corrected chi connectivity index (χ1v) is 5.41. The summed E-state index contributed by atoms with van der Waals surface area (Å²) in [6.45, 7) is 0.894. The number of Topliss-reactive ketones (excluding diaryl/α,β-unsaturated/α-hetero) is 1. The van der Waals surface area contributed by atoms with Gasteiger partial charge in [0.1, 0.15) is 0 Å². The molecule has 0 radical (unpaired) electrons. The van der Waals surface area contributed by atoms with Gasteiger partial charge in [-0.05, 0) is 24.8 Å². The molecule has 1 fully saturated rings. The van der Waals surface area contributed by atoms with Crippen LogP contribution in [-0.2, 0) is 9.53 Å². The zero-order valence-electron chi connectivity index (χ0n) is 8.16. The van der Waals surface area contributed by atoms with Gasteiger partial charge >= 0.3 is 0 Å². The second-order valence-corrected chi connectivity index (χ2v) is 4.30. The minimum atomic E-state index is 0.309. The van der Waals surface area contributed by atoms with Crippen LogP contribution in [0.3, 0.4) is 0 Å². The molecule has 0 spiro atoms. The molecule has 2 nitrogen and oxygen atoms in total. The van der Waals surface area contributed by atoms with E-state index in [1.807, 2.05) is 0 Å². The normalized spacial score (nSPS) is 35.9. The van der Waals surface area contributed by atoms with Gasteiger partial charge in [0.2, 0.25) is 0 Å². The number of carbonyl (C=O) groups is 1. The molecular formula is C12H14O2. The van der Waals surface area contributed by atoms with Crippen molar-refractivity contribution in [2.75, 3.05) is 6.61 Å². The number of rotatable bonds is 0. The summed E-state index contributed by atoms with van der Waals surface area (Å²) in [6.07, 6.45) is 8.42. The molecule has 0 aromatic rings. The fourth-order valence-corrected chi connectivity index (χ4v) is 2.83. The van der Waals surface area contributed by atoms with Crippen molar-refractivity contribution in [1.29, 1.82) is 0 Å². The van der Waals surface area contributed by atoms with Crippen molar-refractivity contribution < 1.29 is 9.53 Å². The van der Waals surface area contributed by atoms with E-state index in [2.05, 4.69) is 12.2 Å². The van der Waals surface area contributed by atoms with Gasteiger partial charge in [-0.25, -0.2) is 0 Å². The first kappa shape index (κ1) is 8.42. The van der Waals surface area contributed by atoms with Crippen molar-refractivity contribution in [3.05, 3.63) is 23.3 Å². The molecular weight excluding hydrogens is 176 g/mol. The van der Waals surface area contributed by atoms with Gasteiger partial charge in [0.05, 0.1) is 6.10 Å². The molecule has 2 unspecified atom stereocenters. The van der Waals surface area contributed by atoms with E-state index < -0.39 is 0 Å². The predicted octanol–water partition coefficient (Wildman–Crippen LogP) is 2.01. The SMILES string of the molecule is O=C1CC=C2C1=CCC1OCCCC21. The molecule has 2 aliphatic carbocycles. The number of allylic oxidation sites excluding steroid dienone is 2. The van der Waals surface area contributed by atoms with E-state index in [-0.39, 0.29) is 0 Å². The van der Waals surface area contributed by atoms with Crippen molar-refractivity contribution >= 4 is 5.78 Å². The lowest BCUT2D eigenvalue weighted by molar-refractivity contribution is -0.114. The molecule has 1 aliphatic heterocycles. The third-order valence-corrected chi connectivity index (χ3v) is 3.51. The summed E-state index contributed by atoms with van der Waals surface area (Å²) >= 11 is 0. The maximum Gasteiger partial charge on any atom is 0.166 e. The summed E-state index contributed by atoms with van der Waals surface area (Å²) in [5.74, 6) is 0.819. The van der Waals surface area contributed by atoms with E-state index in [1.165, 1.54) is 12.0 Å². The zero-order chi connectivity index (χ0) is 9.54. The molecule has 0 N–H and O–H groups in total. The lowest BCUT2D eigenvalue weighted by Crippen LogP contribution is -2.33. The van der Waals surface area contributed by atoms with E-state index in [0.29, 0.717) is 24.2 Å². The third kappa shape index (κ3) is 1.10. The van der Waals surface area contributed by atoms with Crippen molar-refractivity contribution in [2.45, 2.75) is 31.8 Å². The Morgan fingerprint density at radius 1 is 1.36 bits per heavy atom. The van der Waals surface area contributed by atoms with Crippen LogP contribution in [0.25, 0.3) is 0 Å². The predicted molar refractivity (Wildman–Crippen MR) is 52.9 cm³/mol. The van der Waals surface area contributed by atoms with Crippen LogP contribution in [0, 0.1) is 5.92 Å². The van der Waals surface area contributed by atoms with Gasteiger partial charge in [-0.15, -0.1) is 0 Å². The van der Waals surface area contributed by atoms with Gasteiger partial charge in [-0.3, -0.25) is 4.79 Å². The molecule has 74 valence electrons. The number of hydrogen-bond acceptors (Lipinski definition) is 2. The van der Waals surface area contributed by atoms with Gasteiger partial charge in [-0.2, -0.15) is 0 Å². The Morgan fingerprint density at radius 3 is 3.21 bits per heavy atom. The Balaban J connectivity index is 1.96. The topological polar surface area (TPSA) is 26.3 Å². The minimum Gasteiger partial charge on any atom is -0.377 e. The van der Waals surface area contributed by atoms with E-state index in [0.717, 1.165) is 25.0 Å². The van der Waals surface area contributed by atoms with Crippen molar-refractivity contribution in [3.63, 3.8) is 0 Å². The Bertz CT molecular complexity index is 338. The summed E-state index contributed by atoms with van der Waals surface area (Å²) in [7, 11) is 0. The molecule has 1 saturated heterocycles. The van der Waals surface area contributed by atoms with Crippen LogP contribution in [0.1, 0.15) is 25.7 Å². The second kappa shape index (κ2) is 3.06. The highest BCUT2D eigenvalue weighted by Crippen LogP contribution is 2.41. The quantitative estimate of drug-likeness (QED) is 0.584. The van der Waals surface area contributed by atoms with E-state index >= 15 is 0 Å². The first-order valence-electron chi connectivity index (χ1n) is 5.41. The third-order valence-electron chi connectivity index (χ3n) is 3.51. The van der Waals surface area contributed by atoms with Crippen molar-refractivity contribution in [3.8, 4) is 0 Å². The molecule has 0 saturated carbocycles. The highest BCUT2D eigenvalue weighted by Gasteiger charge is 2.36. The molecule has 14 heavy (non-hydrogen) atoms. The number of ether oxygens (including phenoxy) is 1. The first-order chi connectivity index (χ1) is 6.86. The van der Waals surface area contributed by atoms with Gasteiger partial charge in [0.25, 0.3) is 0 Å². The Kier molecular flexibility index (Phi) is 1.84. The largest absolute Gasteiger partial charge is 0.377 e. The highest BCUT2D eigenvalue weighted by molar-refractivity contribution is 6.04. The fraction of sp³-hybridized carbons (Fsp3) is 0.583. The Labute approximate surface area is 83.6 Å². The average Bonchev–Trinajstić information content (AvgIpc) is 2.61.